The van der Waals surface area contributed by atoms with Gasteiger partial charge < -0.3 is 33.2 Å². The highest BCUT2D eigenvalue weighted by Crippen LogP contribution is 2.36. The summed E-state index contributed by atoms with van der Waals surface area (Å²) in [7, 11) is 0. The van der Waals surface area contributed by atoms with Gasteiger partial charge in [0.1, 0.15) is 85.2 Å². The van der Waals surface area contributed by atoms with Crippen molar-refractivity contribution in [3.8, 4) is 6.07 Å². The molecule has 0 atom stereocenters. The first kappa shape index (κ1) is 88.2. The van der Waals surface area contributed by atoms with Crippen molar-refractivity contribution >= 4 is 117 Å². The normalized spacial score (nSPS) is 11.9. The highest BCUT2D eigenvalue weighted by atomic mass is 32.1. The smallest absolute Gasteiger partial charge is 0.433 e. The standard InChI is InChI=1S/C10H7F3N4O.C10H7F3N4.C10H6F3N3S.C10H8F3N3.C10H4F3N3.C10H5F3N2O2.C10H5F3N2O/c11-10(12,13)7-2-1-5-6(16-7)3-4-15-8(5)9(14)17-18;11-10(12,13)7-2-1-5-6(17-7)3-4-16-8(5)9(14)15;11-10(12,13)7-2-1-5-6(16-7)3-4-15-8(5)9(14)17;2*11-10(12,13)9-2-1-6-7(16-9)3-4-15-8(6)5-14;11-10(12,13)7-2-1-5-6(15-7)3-4-14-8(5)9(16)17;11-10(12,13)9-2-1-6-7(15-9)3-4-14-8(6)5-16/h1-4,18H,(H2,14,17);1-4H,(H3,14,15);1-4H,(H2,14,17);1-4H,5,14H2;1-4H;1-4H,(H,16,17);1-5H. The summed E-state index contributed by atoms with van der Waals surface area (Å²) in [4.78, 5) is 72.2. The molecule has 0 unspecified atom stereocenters. The van der Waals surface area contributed by atoms with Crippen LogP contribution in [0, 0.1) is 16.7 Å². The van der Waals surface area contributed by atoms with E-state index in [2.05, 4.69) is 74.9 Å². The lowest BCUT2D eigenvalue weighted by atomic mass is 10.1. The summed E-state index contributed by atoms with van der Waals surface area (Å²) in [6, 6.07) is 25.5. The Hall–Kier alpha value is -14.3. The van der Waals surface area contributed by atoms with E-state index in [1.165, 1.54) is 116 Å². The van der Waals surface area contributed by atoms with Gasteiger partial charge in [0.15, 0.2) is 17.8 Å². The Morgan fingerprint density at radius 3 is 0.983 bits per heavy atom. The van der Waals surface area contributed by atoms with Gasteiger partial charge in [0.25, 0.3) is 0 Å². The van der Waals surface area contributed by atoms with E-state index in [4.69, 9.17) is 56.1 Å². The Bertz CT molecular complexity index is 5890. The van der Waals surface area contributed by atoms with Crippen LogP contribution in [0.5, 0.6) is 0 Å². The number of thiocarbonyl (C=S) groups is 1. The summed E-state index contributed by atoms with van der Waals surface area (Å²) >= 11 is 4.76. The van der Waals surface area contributed by atoms with Crippen LogP contribution in [0.25, 0.3) is 76.3 Å². The lowest BCUT2D eigenvalue weighted by molar-refractivity contribution is -0.141. The summed E-state index contributed by atoms with van der Waals surface area (Å²) in [5.74, 6) is -1.91. The SMILES string of the molecule is N#Cc1nccc2nc(C(F)(F)F)ccc12.N/C(=N\O)c1nccc2nc(C(F)(F)F)ccc12.N=C(N)c1nccc2nc(C(F)(F)F)ccc12.NC(=S)c1nccc2nc(C(F)(F)F)ccc12.NCc1nccc2nc(C(F)(F)F)ccc12.O=C(O)c1nccc2nc(C(F)(F)F)ccc12.O=Cc1nccc2nc(C(F)(F)F)ccc12. The molecule has 0 amide bonds. The van der Waals surface area contributed by atoms with E-state index in [0.717, 1.165) is 54.7 Å². The number of nitrogens with two attached hydrogens (primary N) is 4. The number of aldehydes is 1. The molecule has 604 valence electrons. The van der Waals surface area contributed by atoms with Crippen molar-refractivity contribution in [2.24, 2.45) is 28.1 Å². The predicted octanol–water partition coefficient (Wildman–Crippen LogP) is 15.4. The molecule has 0 aliphatic rings. The fraction of sp³-hybridized carbons (Fsp3) is 0.114. The number of carboxylic acids is 1. The largest absolute Gasteiger partial charge is 0.476 e. The van der Waals surface area contributed by atoms with Crippen LogP contribution in [0.15, 0.2) is 176 Å². The molecule has 0 radical (unpaired) electrons. The third-order valence-electron chi connectivity index (χ3n) is 14.9. The van der Waals surface area contributed by atoms with Crippen LogP contribution < -0.4 is 22.9 Å². The zero-order valence-electron chi connectivity index (χ0n) is 57.5. The molecule has 14 aromatic heterocycles. The number of aromatic nitrogens is 14. The van der Waals surface area contributed by atoms with E-state index in [0.29, 0.717) is 38.9 Å². The number of aromatic carboxylic acids is 1. The number of hydrogen-bond acceptors (Lipinski definition) is 22. The Kier molecular flexibility index (Phi) is 27.0. The lowest BCUT2D eigenvalue weighted by Gasteiger charge is -2.08. The number of nitrogens with one attached hydrogen (secondary N) is 1. The minimum absolute atomic E-state index is 0.0251. The maximum absolute atomic E-state index is 12.5. The van der Waals surface area contributed by atoms with E-state index in [1.807, 2.05) is 0 Å². The summed E-state index contributed by atoms with van der Waals surface area (Å²) in [5, 5.41) is 38.4. The van der Waals surface area contributed by atoms with Crippen molar-refractivity contribution < 1.29 is 112 Å². The topological polar surface area (TPSA) is 419 Å². The maximum atomic E-state index is 12.5. The van der Waals surface area contributed by atoms with E-state index in [-0.39, 0.29) is 107 Å². The number of nitrogens with zero attached hydrogens (tertiary/aromatic N) is 16. The molecule has 11 N–H and O–H groups in total. The van der Waals surface area contributed by atoms with Gasteiger partial charge in [0.2, 0.25) is 0 Å². The summed E-state index contributed by atoms with van der Waals surface area (Å²) in [6.45, 7) is 0.171. The molecule has 0 saturated heterocycles. The molecule has 14 rings (SSSR count). The predicted molar refractivity (Wildman–Crippen MR) is 376 cm³/mol. The Morgan fingerprint density at radius 1 is 0.393 bits per heavy atom. The number of rotatable bonds is 6. The first-order valence-corrected chi connectivity index (χ1v) is 31.8. The number of pyridine rings is 14. The summed E-state index contributed by atoms with van der Waals surface area (Å²) in [6.07, 6.45) is -22.1. The minimum Gasteiger partial charge on any atom is -0.476 e. The van der Waals surface area contributed by atoms with Crippen molar-refractivity contribution in [2.45, 2.75) is 49.8 Å². The van der Waals surface area contributed by atoms with Crippen molar-refractivity contribution in [2.75, 3.05) is 0 Å². The number of halogens is 21. The second kappa shape index (κ2) is 35.8. The monoisotopic (exact) mass is 1670 g/mol. The molecule has 0 fully saturated rings. The Balaban J connectivity index is 0.000000170. The number of carbonyl (C=O) groups excluding carboxylic acids is 1. The Labute approximate surface area is 642 Å². The molecule has 0 saturated carbocycles. The van der Waals surface area contributed by atoms with Gasteiger partial charge in [0.05, 0.1) is 44.3 Å². The zero-order chi connectivity index (χ0) is 86.5. The van der Waals surface area contributed by atoms with Crippen LogP contribution in [-0.2, 0) is 49.8 Å². The number of fused-ring (bicyclic) bond motifs is 7. The van der Waals surface area contributed by atoms with Gasteiger partial charge in [-0.15, -0.1) is 0 Å². The van der Waals surface area contributed by atoms with Crippen molar-refractivity contribution in [3.05, 3.63) is 250 Å². The highest BCUT2D eigenvalue weighted by Gasteiger charge is 2.38. The summed E-state index contributed by atoms with van der Waals surface area (Å²) < 4.78 is 260. The van der Waals surface area contributed by atoms with Crippen LogP contribution in [0.4, 0.5) is 92.2 Å². The van der Waals surface area contributed by atoms with E-state index < -0.39 is 89.1 Å². The van der Waals surface area contributed by atoms with Gasteiger partial charge in [-0.2, -0.15) is 97.5 Å². The molecular weight excluding hydrogens is 1630 g/mol. The van der Waals surface area contributed by atoms with Crippen LogP contribution in [0.1, 0.15) is 89.3 Å². The third-order valence-corrected chi connectivity index (χ3v) is 15.1. The third kappa shape index (κ3) is 22.3. The maximum Gasteiger partial charge on any atom is 0.433 e. The molecule has 0 spiro atoms. The molecule has 25 nitrogen and oxygen atoms in total. The average Bonchev–Trinajstić information content (AvgIpc) is 0.990. The number of nitriles is 1. The molecule has 14 heterocycles. The van der Waals surface area contributed by atoms with Gasteiger partial charge in [-0.05, 0) is 127 Å². The second-order valence-corrected chi connectivity index (χ2v) is 23.0. The van der Waals surface area contributed by atoms with Crippen molar-refractivity contribution in [3.63, 3.8) is 0 Å². The van der Waals surface area contributed by atoms with Crippen molar-refractivity contribution in [1.29, 1.82) is 10.7 Å². The fourth-order valence-electron chi connectivity index (χ4n) is 9.74. The van der Waals surface area contributed by atoms with Crippen LogP contribution in [0.2, 0.25) is 0 Å². The van der Waals surface area contributed by atoms with Gasteiger partial charge in [-0.1, -0.05) is 17.4 Å². The van der Waals surface area contributed by atoms with Crippen LogP contribution in [0.3, 0.4) is 0 Å². The van der Waals surface area contributed by atoms with Crippen LogP contribution >= 0.6 is 12.2 Å². The van der Waals surface area contributed by atoms with E-state index in [9.17, 15) is 102 Å². The second-order valence-electron chi connectivity index (χ2n) is 22.6. The minimum atomic E-state index is -4.55. The number of amidine groups is 2. The quantitative estimate of drug-likeness (QED) is 0.0155. The van der Waals surface area contributed by atoms with E-state index >= 15 is 0 Å². The van der Waals surface area contributed by atoms with Crippen molar-refractivity contribution in [1.82, 2.24) is 69.8 Å². The van der Waals surface area contributed by atoms with Crippen LogP contribution in [-0.4, -0.2) is 109 Å². The molecule has 0 aliphatic carbocycles. The first-order chi connectivity index (χ1) is 54.7. The summed E-state index contributed by atoms with van der Waals surface area (Å²) in [5.41, 5.74) is 16.3. The Morgan fingerprint density at radius 2 is 0.658 bits per heavy atom. The average molecular weight is 1670 g/mol. The highest BCUT2D eigenvalue weighted by molar-refractivity contribution is 7.80. The van der Waals surface area contributed by atoms with Gasteiger partial charge in [-0.25, -0.2) is 49.7 Å². The van der Waals surface area contributed by atoms with Gasteiger partial charge in [-0.3, -0.25) is 35.1 Å². The molecule has 0 bridgehead atoms. The lowest BCUT2D eigenvalue weighted by Crippen LogP contribution is -2.16. The van der Waals surface area contributed by atoms with Gasteiger partial charge >= 0.3 is 49.2 Å². The molecule has 117 heavy (non-hydrogen) atoms. The number of nitrogen functional groups attached to an aromatic ring is 1. The number of oxime groups is 1. The molecule has 47 heteroatoms. The number of carboxylic acid groups (broad SMARTS) is 1. The number of hydrogen-bond donors (Lipinski definition) is 7. The first-order valence-electron chi connectivity index (χ1n) is 31.4. The molecule has 0 aliphatic heterocycles. The van der Waals surface area contributed by atoms with E-state index in [1.54, 1.807) is 6.07 Å². The zero-order valence-corrected chi connectivity index (χ0v) is 58.3. The van der Waals surface area contributed by atoms with Gasteiger partial charge in [0, 0.05) is 87.6 Å². The molecular formula is C70H42F21N21O4S. The number of alkyl halides is 21. The molecule has 0 aromatic carbocycles. The molecule has 14 aromatic rings. The number of carbonyl (C=O) groups is 2. The fourth-order valence-corrected chi connectivity index (χ4v) is 9.91.